The van der Waals surface area contributed by atoms with Crippen LogP contribution in [0.4, 0.5) is 10.1 Å². The highest BCUT2D eigenvalue weighted by Gasteiger charge is 2.14. The fourth-order valence-electron chi connectivity index (χ4n) is 1.49. The number of hydrogen-bond donors (Lipinski definition) is 2. The molecule has 0 aliphatic heterocycles. The first kappa shape index (κ1) is 9.51. The van der Waals surface area contributed by atoms with Gasteiger partial charge in [0.05, 0.1) is 17.6 Å². The minimum Gasteiger partial charge on any atom is -0.504 e. The SMILES string of the molecule is Cn1ncc(N)c1-c1cccc(F)c1O. The highest BCUT2D eigenvalue weighted by atomic mass is 19.1. The molecule has 5 heteroatoms. The molecule has 0 saturated heterocycles. The zero-order valence-corrected chi connectivity index (χ0v) is 8.11. The minimum atomic E-state index is -0.673. The Morgan fingerprint density at radius 1 is 1.47 bits per heavy atom. The Kier molecular flexibility index (Phi) is 2.07. The van der Waals surface area contributed by atoms with E-state index in [0.717, 1.165) is 0 Å². The number of anilines is 1. The summed E-state index contributed by atoms with van der Waals surface area (Å²) in [6.45, 7) is 0. The van der Waals surface area contributed by atoms with E-state index < -0.39 is 11.6 Å². The maximum atomic E-state index is 13.1. The summed E-state index contributed by atoms with van der Waals surface area (Å²) >= 11 is 0. The average molecular weight is 207 g/mol. The Hall–Kier alpha value is -2.04. The van der Waals surface area contributed by atoms with Crippen molar-refractivity contribution in [3.8, 4) is 17.0 Å². The molecule has 0 aliphatic rings. The second-order valence-corrected chi connectivity index (χ2v) is 3.21. The number of phenols is 1. The number of aryl methyl sites for hydroxylation is 1. The summed E-state index contributed by atoms with van der Waals surface area (Å²) < 4.78 is 14.6. The van der Waals surface area contributed by atoms with Crippen LogP contribution in [0.2, 0.25) is 0 Å². The van der Waals surface area contributed by atoms with Crippen molar-refractivity contribution >= 4 is 5.69 Å². The number of phenolic OH excluding ortho intramolecular Hbond substituents is 1. The number of rotatable bonds is 1. The number of halogens is 1. The summed E-state index contributed by atoms with van der Waals surface area (Å²) in [5.74, 6) is -1.08. The predicted octanol–water partition coefficient (Wildman–Crippen LogP) is 1.51. The van der Waals surface area contributed by atoms with Crippen LogP contribution < -0.4 is 5.73 Å². The molecule has 2 rings (SSSR count). The van der Waals surface area contributed by atoms with Crippen LogP contribution in [0.1, 0.15) is 0 Å². The lowest BCUT2D eigenvalue weighted by atomic mass is 10.1. The van der Waals surface area contributed by atoms with Gasteiger partial charge in [-0.2, -0.15) is 5.10 Å². The number of para-hydroxylation sites is 1. The van der Waals surface area contributed by atoms with Gasteiger partial charge in [-0.05, 0) is 12.1 Å². The van der Waals surface area contributed by atoms with E-state index in [9.17, 15) is 9.50 Å². The van der Waals surface area contributed by atoms with E-state index in [4.69, 9.17) is 5.73 Å². The van der Waals surface area contributed by atoms with Gasteiger partial charge in [0.2, 0.25) is 0 Å². The fraction of sp³-hybridized carbons (Fsp3) is 0.100. The molecule has 15 heavy (non-hydrogen) atoms. The Bertz CT molecular complexity index is 488. The Balaban J connectivity index is 2.69. The minimum absolute atomic E-state index is 0.340. The predicted molar refractivity (Wildman–Crippen MR) is 54.7 cm³/mol. The van der Waals surface area contributed by atoms with Gasteiger partial charge in [-0.1, -0.05) is 6.07 Å². The Morgan fingerprint density at radius 3 is 2.80 bits per heavy atom. The summed E-state index contributed by atoms with van der Waals surface area (Å²) in [6, 6.07) is 4.29. The molecule has 2 aromatic rings. The van der Waals surface area contributed by atoms with Crippen LogP contribution in [0.15, 0.2) is 24.4 Å². The number of aromatic hydroxyl groups is 1. The average Bonchev–Trinajstić information content (AvgIpc) is 2.52. The van der Waals surface area contributed by atoms with Crippen LogP contribution in [-0.2, 0) is 7.05 Å². The lowest BCUT2D eigenvalue weighted by Gasteiger charge is -2.06. The van der Waals surface area contributed by atoms with Gasteiger partial charge in [-0.3, -0.25) is 4.68 Å². The summed E-state index contributed by atoms with van der Waals surface area (Å²) in [5, 5.41) is 13.5. The van der Waals surface area contributed by atoms with E-state index in [1.165, 1.54) is 23.0 Å². The number of hydrogen-bond acceptors (Lipinski definition) is 3. The molecule has 0 aliphatic carbocycles. The first-order valence-corrected chi connectivity index (χ1v) is 4.36. The second kappa shape index (κ2) is 3.27. The highest BCUT2D eigenvalue weighted by molar-refractivity contribution is 5.77. The smallest absolute Gasteiger partial charge is 0.165 e. The molecule has 1 aromatic heterocycles. The van der Waals surface area contributed by atoms with Crippen LogP contribution in [0, 0.1) is 5.82 Å². The molecule has 0 saturated carbocycles. The van der Waals surface area contributed by atoms with Gasteiger partial charge in [0.25, 0.3) is 0 Å². The first-order valence-electron chi connectivity index (χ1n) is 4.36. The lowest BCUT2D eigenvalue weighted by Crippen LogP contribution is -1.96. The van der Waals surface area contributed by atoms with Gasteiger partial charge in [0.15, 0.2) is 11.6 Å². The van der Waals surface area contributed by atoms with E-state index in [1.54, 1.807) is 13.1 Å². The van der Waals surface area contributed by atoms with Gasteiger partial charge >= 0.3 is 0 Å². The van der Waals surface area contributed by atoms with E-state index in [0.29, 0.717) is 16.9 Å². The Labute approximate surface area is 85.8 Å². The molecule has 4 nitrogen and oxygen atoms in total. The van der Waals surface area contributed by atoms with Gasteiger partial charge in [0.1, 0.15) is 0 Å². The van der Waals surface area contributed by atoms with E-state index >= 15 is 0 Å². The molecule has 1 heterocycles. The second-order valence-electron chi connectivity index (χ2n) is 3.21. The van der Waals surface area contributed by atoms with E-state index in [2.05, 4.69) is 5.10 Å². The van der Waals surface area contributed by atoms with Crippen molar-refractivity contribution in [2.75, 3.05) is 5.73 Å². The molecule has 1 aromatic carbocycles. The molecule has 0 bridgehead atoms. The summed E-state index contributed by atoms with van der Waals surface area (Å²) in [4.78, 5) is 0. The third kappa shape index (κ3) is 1.41. The van der Waals surface area contributed by atoms with Gasteiger partial charge in [-0.15, -0.1) is 0 Å². The third-order valence-electron chi connectivity index (χ3n) is 2.21. The van der Waals surface area contributed by atoms with Crippen molar-refractivity contribution < 1.29 is 9.50 Å². The van der Waals surface area contributed by atoms with Crippen LogP contribution in [0.25, 0.3) is 11.3 Å². The molecule has 3 N–H and O–H groups in total. The Morgan fingerprint density at radius 2 is 2.20 bits per heavy atom. The van der Waals surface area contributed by atoms with Crippen LogP contribution in [-0.4, -0.2) is 14.9 Å². The highest BCUT2D eigenvalue weighted by Crippen LogP contribution is 2.33. The van der Waals surface area contributed by atoms with Crippen molar-refractivity contribution in [2.24, 2.45) is 7.05 Å². The van der Waals surface area contributed by atoms with Crippen molar-refractivity contribution in [2.45, 2.75) is 0 Å². The van der Waals surface area contributed by atoms with E-state index in [1.807, 2.05) is 0 Å². The third-order valence-corrected chi connectivity index (χ3v) is 2.21. The molecular formula is C10H10FN3O. The van der Waals surface area contributed by atoms with Crippen molar-refractivity contribution in [1.82, 2.24) is 9.78 Å². The number of benzene rings is 1. The summed E-state index contributed by atoms with van der Waals surface area (Å²) in [6.07, 6.45) is 1.46. The number of nitrogen functional groups attached to an aromatic ring is 1. The molecular weight excluding hydrogens is 197 g/mol. The van der Waals surface area contributed by atoms with Gasteiger partial charge in [0, 0.05) is 12.6 Å². The molecule has 0 atom stereocenters. The molecule has 0 unspecified atom stereocenters. The van der Waals surface area contributed by atoms with Crippen LogP contribution in [0.5, 0.6) is 5.75 Å². The zero-order valence-electron chi connectivity index (χ0n) is 8.11. The van der Waals surface area contributed by atoms with Crippen molar-refractivity contribution in [3.05, 3.63) is 30.2 Å². The summed E-state index contributed by atoms with van der Waals surface area (Å²) in [7, 11) is 1.68. The van der Waals surface area contributed by atoms with Crippen molar-refractivity contribution in [3.63, 3.8) is 0 Å². The van der Waals surface area contributed by atoms with Gasteiger partial charge < -0.3 is 10.8 Å². The quantitative estimate of drug-likeness (QED) is 0.745. The number of aromatic nitrogens is 2. The molecule has 0 spiro atoms. The standard InChI is InChI=1S/C10H10FN3O/c1-14-9(8(12)5-13-14)6-3-2-4-7(11)10(6)15/h2-5,15H,12H2,1H3. The molecule has 78 valence electrons. The maximum Gasteiger partial charge on any atom is 0.165 e. The molecule has 0 radical (unpaired) electrons. The summed E-state index contributed by atoms with van der Waals surface area (Å²) in [5.41, 5.74) is 6.92. The van der Waals surface area contributed by atoms with Crippen LogP contribution >= 0.6 is 0 Å². The number of nitrogens with two attached hydrogens (primary N) is 1. The van der Waals surface area contributed by atoms with Gasteiger partial charge in [-0.25, -0.2) is 4.39 Å². The molecule has 0 amide bonds. The number of nitrogens with zero attached hydrogens (tertiary/aromatic N) is 2. The zero-order chi connectivity index (χ0) is 11.0. The van der Waals surface area contributed by atoms with E-state index in [-0.39, 0.29) is 0 Å². The normalized spacial score (nSPS) is 10.5. The molecule has 0 fully saturated rings. The maximum absolute atomic E-state index is 13.1. The topological polar surface area (TPSA) is 64.1 Å². The monoisotopic (exact) mass is 207 g/mol. The largest absolute Gasteiger partial charge is 0.504 e. The fourth-order valence-corrected chi connectivity index (χ4v) is 1.49. The first-order chi connectivity index (χ1) is 7.11. The van der Waals surface area contributed by atoms with Crippen molar-refractivity contribution in [1.29, 1.82) is 0 Å². The van der Waals surface area contributed by atoms with Crippen LogP contribution in [0.3, 0.4) is 0 Å². The lowest BCUT2D eigenvalue weighted by molar-refractivity contribution is 0.434.